The van der Waals surface area contributed by atoms with Crippen LogP contribution in [-0.4, -0.2) is 17.2 Å². The zero-order chi connectivity index (χ0) is 19.0. The van der Waals surface area contributed by atoms with Gasteiger partial charge in [0.05, 0.1) is 0 Å². The van der Waals surface area contributed by atoms with E-state index in [1.807, 2.05) is 6.07 Å². The number of hydrogen-bond acceptors (Lipinski definition) is 3. The maximum absolute atomic E-state index is 10.6. The number of phenols is 1. The highest BCUT2D eigenvalue weighted by Crippen LogP contribution is 2.43. The third kappa shape index (κ3) is 7.01. The van der Waals surface area contributed by atoms with E-state index in [2.05, 4.69) is 32.9 Å². The Balaban J connectivity index is 1.71. The van der Waals surface area contributed by atoms with Gasteiger partial charge in [0.1, 0.15) is 11.4 Å². The number of unbranched alkanes of at least 4 members (excludes halogenated alkanes) is 3. The molecular weight excluding hydrogens is 324 g/mol. The van der Waals surface area contributed by atoms with Crippen LogP contribution in [0, 0.1) is 5.41 Å². The Morgan fingerprint density at radius 1 is 1.04 bits per heavy atom. The molecule has 3 nitrogen and oxygen atoms in total. The number of phenolic OH excluding ortho intramolecular Hbond substituents is 1. The first-order valence-electron chi connectivity index (χ1n) is 10.3. The zero-order valence-electron chi connectivity index (χ0n) is 16.9. The number of carbonyl (C=O) groups excluding carboxylic acids is 1. The molecule has 0 heterocycles. The minimum atomic E-state index is -0.154. The van der Waals surface area contributed by atoms with Gasteiger partial charge >= 0.3 is 0 Å². The van der Waals surface area contributed by atoms with Gasteiger partial charge in [0, 0.05) is 0 Å². The fraction of sp³-hybridized carbons (Fsp3) is 0.696. The molecule has 0 unspecified atom stereocenters. The lowest BCUT2D eigenvalue weighted by molar-refractivity contribution is -0.135. The fourth-order valence-electron chi connectivity index (χ4n) is 3.63. The van der Waals surface area contributed by atoms with Crippen molar-refractivity contribution in [2.75, 3.05) is 0 Å². The van der Waals surface area contributed by atoms with Gasteiger partial charge in [-0.05, 0) is 74.3 Å². The maximum Gasteiger partial charge on any atom is 0.293 e. The fourth-order valence-corrected chi connectivity index (χ4v) is 3.63. The summed E-state index contributed by atoms with van der Waals surface area (Å²) in [6.07, 6.45) is 11.7. The average molecular weight is 361 g/mol. The summed E-state index contributed by atoms with van der Waals surface area (Å²) >= 11 is 0. The largest absolute Gasteiger partial charge is 0.507 e. The molecule has 1 N–H and O–H groups in total. The molecule has 1 aromatic carbocycles. The molecule has 26 heavy (non-hydrogen) atoms. The predicted octanol–water partition coefficient (Wildman–Crippen LogP) is 5.96. The van der Waals surface area contributed by atoms with Crippen molar-refractivity contribution in [2.24, 2.45) is 5.41 Å². The summed E-state index contributed by atoms with van der Waals surface area (Å²) < 4.78 is 5.19. The Morgan fingerprint density at radius 3 is 2.19 bits per heavy atom. The second-order valence-electron chi connectivity index (χ2n) is 9.15. The molecule has 3 heteroatoms. The molecule has 0 spiro atoms. The minimum absolute atomic E-state index is 0.154. The molecule has 1 aromatic rings. The number of benzene rings is 1. The molecule has 0 atom stereocenters. The topological polar surface area (TPSA) is 46.5 Å². The van der Waals surface area contributed by atoms with Crippen LogP contribution in [0.3, 0.4) is 0 Å². The summed E-state index contributed by atoms with van der Waals surface area (Å²) in [7, 11) is 0. The minimum Gasteiger partial charge on any atom is -0.507 e. The van der Waals surface area contributed by atoms with Crippen molar-refractivity contribution in [1.82, 2.24) is 0 Å². The van der Waals surface area contributed by atoms with Crippen LogP contribution in [0.15, 0.2) is 18.2 Å². The number of aromatic hydroxyl groups is 1. The van der Waals surface area contributed by atoms with Crippen molar-refractivity contribution >= 4 is 6.47 Å². The molecule has 1 saturated carbocycles. The van der Waals surface area contributed by atoms with Gasteiger partial charge in [-0.1, -0.05) is 51.8 Å². The lowest BCUT2D eigenvalue weighted by Crippen LogP contribution is -2.12. The molecular formula is C23H36O3. The Labute approximate surface area is 159 Å². The van der Waals surface area contributed by atoms with Crippen LogP contribution in [0.4, 0.5) is 0 Å². The summed E-state index contributed by atoms with van der Waals surface area (Å²) in [6.45, 7) is 7.46. The van der Waals surface area contributed by atoms with E-state index < -0.39 is 0 Å². The van der Waals surface area contributed by atoms with Gasteiger partial charge in [-0.2, -0.15) is 0 Å². The second kappa shape index (κ2) is 9.43. The van der Waals surface area contributed by atoms with Gasteiger partial charge in [-0.25, -0.2) is 0 Å². The highest BCUT2D eigenvalue weighted by Gasteiger charge is 2.44. The van der Waals surface area contributed by atoms with Gasteiger partial charge in [-0.15, -0.1) is 0 Å². The predicted molar refractivity (Wildman–Crippen MR) is 106 cm³/mol. The molecule has 0 saturated heterocycles. The lowest BCUT2D eigenvalue weighted by atomic mass is 9.89. The average Bonchev–Trinajstić information content (AvgIpc) is 3.33. The molecule has 0 bridgehead atoms. The summed E-state index contributed by atoms with van der Waals surface area (Å²) in [5, 5.41) is 10.6. The van der Waals surface area contributed by atoms with Crippen molar-refractivity contribution in [3.05, 3.63) is 29.3 Å². The van der Waals surface area contributed by atoms with Gasteiger partial charge < -0.3 is 9.84 Å². The van der Waals surface area contributed by atoms with Crippen LogP contribution in [-0.2, 0) is 22.4 Å². The molecule has 2 rings (SSSR count). The summed E-state index contributed by atoms with van der Waals surface area (Å²) in [6, 6.07) is 6.16. The standard InChI is InChI=1S/C23H36O3/c1-22(2,3)14-7-4-5-10-19-12-9-13-20(21(19)25)11-6-8-15-23(16-17-23)26-18-24/h9,12-13,18,25H,4-8,10-11,14-17H2,1-3H3. The Bertz CT molecular complexity index is 567. The van der Waals surface area contributed by atoms with E-state index in [0.29, 0.717) is 17.6 Å². The highest BCUT2D eigenvalue weighted by molar-refractivity contribution is 5.40. The van der Waals surface area contributed by atoms with E-state index in [1.54, 1.807) is 0 Å². The van der Waals surface area contributed by atoms with Crippen LogP contribution in [0.5, 0.6) is 5.75 Å². The van der Waals surface area contributed by atoms with Crippen molar-refractivity contribution in [1.29, 1.82) is 0 Å². The first kappa shape index (κ1) is 20.8. The number of ether oxygens (including phenoxy) is 1. The molecule has 1 aliphatic carbocycles. The third-order valence-electron chi connectivity index (χ3n) is 5.51. The van der Waals surface area contributed by atoms with Gasteiger partial charge in [-0.3, -0.25) is 4.79 Å². The summed E-state index contributed by atoms with van der Waals surface area (Å²) in [5.41, 5.74) is 2.40. The van der Waals surface area contributed by atoms with Gasteiger partial charge in [0.25, 0.3) is 6.47 Å². The molecule has 0 aliphatic heterocycles. The molecule has 1 aliphatic rings. The smallest absolute Gasteiger partial charge is 0.293 e. The van der Waals surface area contributed by atoms with Crippen LogP contribution in [0.1, 0.15) is 89.7 Å². The van der Waals surface area contributed by atoms with E-state index in [-0.39, 0.29) is 5.60 Å². The van der Waals surface area contributed by atoms with Crippen molar-refractivity contribution in [3.63, 3.8) is 0 Å². The molecule has 0 amide bonds. The SMILES string of the molecule is CC(C)(C)CCCCCc1cccc(CCCCC2(OC=O)CC2)c1O. The number of aryl methyl sites for hydroxylation is 2. The van der Waals surface area contributed by atoms with E-state index in [1.165, 1.54) is 19.3 Å². The zero-order valence-corrected chi connectivity index (χ0v) is 16.9. The molecule has 146 valence electrons. The summed E-state index contributed by atoms with van der Waals surface area (Å²) in [5.74, 6) is 0.494. The second-order valence-corrected chi connectivity index (χ2v) is 9.15. The first-order valence-corrected chi connectivity index (χ1v) is 10.3. The van der Waals surface area contributed by atoms with Crippen molar-refractivity contribution in [2.45, 2.75) is 97.0 Å². The van der Waals surface area contributed by atoms with E-state index in [9.17, 15) is 9.90 Å². The summed E-state index contributed by atoms with van der Waals surface area (Å²) in [4.78, 5) is 10.5. The van der Waals surface area contributed by atoms with E-state index in [4.69, 9.17) is 4.74 Å². The third-order valence-corrected chi connectivity index (χ3v) is 5.51. The monoisotopic (exact) mass is 360 g/mol. The van der Waals surface area contributed by atoms with E-state index in [0.717, 1.165) is 62.5 Å². The Morgan fingerprint density at radius 2 is 1.65 bits per heavy atom. The molecule has 1 fully saturated rings. The number of hydrogen-bond donors (Lipinski definition) is 1. The van der Waals surface area contributed by atoms with Crippen LogP contribution < -0.4 is 0 Å². The number of carbonyl (C=O) groups is 1. The van der Waals surface area contributed by atoms with E-state index >= 15 is 0 Å². The normalized spacial score (nSPS) is 15.7. The van der Waals surface area contributed by atoms with Crippen molar-refractivity contribution in [3.8, 4) is 5.75 Å². The van der Waals surface area contributed by atoms with Crippen molar-refractivity contribution < 1.29 is 14.6 Å². The Kier molecular flexibility index (Phi) is 7.55. The van der Waals surface area contributed by atoms with Gasteiger partial charge in [0.2, 0.25) is 0 Å². The highest BCUT2D eigenvalue weighted by atomic mass is 16.5. The van der Waals surface area contributed by atoms with Crippen LogP contribution in [0.25, 0.3) is 0 Å². The maximum atomic E-state index is 10.6. The number of rotatable bonds is 12. The van der Waals surface area contributed by atoms with Crippen LogP contribution >= 0.6 is 0 Å². The molecule has 0 radical (unpaired) electrons. The number of para-hydroxylation sites is 1. The lowest BCUT2D eigenvalue weighted by Gasteiger charge is -2.17. The van der Waals surface area contributed by atoms with Gasteiger partial charge in [0.15, 0.2) is 0 Å². The first-order chi connectivity index (χ1) is 12.4. The Hall–Kier alpha value is -1.51. The van der Waals surface area contributed by atoms with Crippen LogP contribution in [0.2, 0.25) is 0 Å². The molecule has 0 aromatic heterocycles. The quantitative estimate of drug-likeness (QED) is 0.369.